The van der Waals surface area contributed by atoms with Gasteiger partial charge in [0.2, 0.25) is 0 Å². The Kier molecular flexibility index (Phi) is 3.44. The van der Waals surface area contributed by atoms with Gasteiger partial charge in [-0.15, -0.1) is 0 Å². The summed E-state index contributed by atoms with van der Waals surface area (Å²) in [6.07, 6.45) is 2.13. The van der Waals surface area contributed by atoms with Gasteiger partial charge in [0.15, 0.2) is 0 Å². The van der Waals surface area contributed by atoms with E-state index in [4.69, 9.17) is 4.98 Å². The van der Waals surface area contributed by atoms with E-state index in [1.54, 1.807) is 0 Å². The minimum atomic E-state index is -0.0286. The lowest BCUT2D eigenvalue weighted by atomic mass is 10.1. The Morgan fingerprint density at radius 3 is 2.18 bits per heavy atom. The van der Waals surface area contributed by atoms with Crippen molar-refractivity contribution in [1.82, 2.24) is 9.38 Å². The average molecular weight is 293 g/mol. The van der Waals surface area contributed by atoms with Gasteiger partial charge >= 0.3 is 0 Å². The largest absolute Gasteiger partial charge is 0.365 e. The lowest BCUT2D eigenvalue weighted by Gasteiger charge is -2.22. The summed E-state index contributed by atoms with van der Waals surface area (Å²) in [6.45, 7) is 10.7. The smallest absolute Gasteiger partial charge is 0.139 e. The van der Waals surface area contributed by atoms with Crippen LogP contribution in [0.4, 0.5) is 5.82 Å². The van der Waals surface area contributed by atoms with Crippen LogP contribution in [-0.4, -0.2) is 14.9 Å². The van der Waals surface area contributed by atoms with Gasteiger partial charge in [0.25, 0.3) is 0 Å². The fourth-order valence-corrected chi connectivity index (χ4v) is 2.54. The molecule has 3 heteroatoms. The predicted molar refractivity (Wildman–Crippen MR) is 93.5 cm³/mol. The second-order valence-electron chi connectivity index (χ2n) is 6.98. The first-order valence-electron chi connectivity index (χ1n) is 7.67. The van der Waals surface area contributed by atoms with Crippen LogP contribution in [0.15, 0.2) is 42.6 Å². The number of hydrogen-bond donors (Lipinski definition) is 1. The fraction of sp³-hybridized carbons (Fsp3) is 0.316. The molecule has 0 bridgehead atoms. The van der Waals surface area contributed by atoms with Gasteiger partial charge < -0.3 is 5.32 Å². The van der Waals surface area contributed by atoms with Crippen molar-refractivity contribution in [1.29, 1.82) is 0 Å². The Hall–Kier alpha value is -2.29. The topological polar surface area (TPSA) is 29.3 Å². The molecule has 1 N–H and O–H groups in total. The second kappa shape index (κ2) is 5.16. The van der Waals surface area contributed by atoms with Gasteiger partial charge in [-0.1, -0.05) is 35.9 Å². The van der Waals surface area contributed by atoms with Gasteiger partial charge in [-0.25, -0.2) is 4.98 Å². The molecule has 0 spiro atoms. The van der Waals surface area contributed by atoms with Crippen LogP contribution in [-0.2, 0) is 0 Å². The number of aryl methyl sites for hydroxylation is 2. The first-order chi connectivity index (χ1) is 10.3. The van der Waals surface area contributed by atoms with Crippen LogP contribution >= 0.6 is 0 Å². The van der Waals surface area contributed by atoms with E-state index in [1.807, 2.05) is 0 Å². The maximum atomic E-state index is 4.84. The first-order valence-corrected chi connectivity index (χ1v) is 7.67. The summed E-state index contributed by atoms with van der Waals surface area (Å²) in [7, 11) is 0. The highest BCUT2D eigenvalue weighted by Gasteiger charge is 2.19. The fourth-order valence-electron chi connectivity index (χ4n) is 2.54. The van der Waals surface area contributed by atoms with Crippen molar-refractivity contribution in [2.45, 2.75) is 40.2 Å². The van der Waals surface area contributed by atoms with E-state index in [2.05, 4.69) is 86.9 Å². The number of hydrogen-bond acceptors (Lipinski definition) is 2. The standard InChI is InChI=1S/C19H23N3/c1-13-6-9-15(10-7-13)17-18(21-19(3,4)5)22-12-14(2)8-11-16(22)20-17/h6-12,21H,1-5H3. The number of aromatic nitrogens is 2. The van der Waals surface area contributed by atoms with Crippen LogP contribution in [0.5, 0.6) is 0 Å². The third-order valence-electron chi connectivity index (χ3n) is 3.58. The molecule has 0 amide bonds. The Bertz CT molecular complexity index is 805. The highest BCUT2D eigenvalue weighted by atomic mass is 15.2. The van der Waals surface area contributed by atoms with E-state index in [9.17, 15) is 0 Å². The Morgan fingerprint density at radius 2 is 1.55 bits per heavy atom. The molecule has 0 atom stereocenters. The molecular weight excluding hydrogens is 270 g/mol. The summed E-state index contributed by atoms with van der Waals surface area (Å²) in [5.74, 6) is 1.05. The molecule has 2 heterocycles. The van der Waals surface area contributed by atoms with Gasteiger partial charge in [0.05, 0.1) is 0 Å². The summed E-state index contributed by atoms with van der Waals surface area (Å²) in [5.41, 5.74) is 5.55. The molecule has 0 aliphatic rings. The minimum absolute atomic E-state index is 0.0286. The molecule has 0 saturated heterocycles. The van der Waals surface area contributed by atoms with Gasteiger partial charge in [-0.2, -0.15) is 0 Å². The maximum Gasteiger partial charge on any atom is 0.139 e. The number of imidazole rings is 1. The van der Waals surface area contributed by atoms with E-state index < -0.39 is 0 Å². The molecule has 0 saturated carbocycles. The minimum Gasteiger partial charge on any atom is -0.365 e. The summed E-state index contributed by atoms with van der Waals surface area (Å²) < 4.78 is 2.15. The molecule has 0 unspecified atom stereocenters. The molecule has 3 aromatic rings. The highest BCUT2D eigenvalue weighted by Crippen LogP contribution is 2.31. The number of pyridine rings is 1. The van der Waals surface area contributed by atoms with Crippen molar-refractivity contribution in [3.63, 3.8) is 0 Å². The van der Waals surface area contributed by atoms with E-state index in [0.29, 0.717) is 0 Å². The number of fused-ring (bicyclic) bond motifs is 1. The van der Waals surface area contributed by atoms with Crippen molar-refractivity contribution in [2.75, 3.05) is 5.32 Å². The molecule has 0 aliphatic heterocycles. The number of nitrogens with one attached hydrogen (secondary N) is 1. The van der Waals surface area contributed by atoms with Crippen LogP contribution in [0, 0.1) is 13.8 Å². The van der Waals surface area contributed by atoms with Crippen LogP contribution in [0.3, 0.4) is 0 Å². The monoisotopic (exact) mass is 293 g/mol. The normalized spacial score (nSPS) is 11.9. The third-order valence-corrected chi connectivity index (χ3v) is 3.58. The summed E-state index contributed by atoms with van der Waals surface area (Å²) in [4.78, 5) is 4.84. The Morgan fingerprint density at radius 1 is 0.909 bits per heavy atom. The number of anilines is 1. The molecule has 1 aromatic carbocycles. The Labute approximate surface area is 132 Å². The van der Waals surface area contributed by atoms with Crippen molar-refractivity contribution < 1.29 is 0 Å². The van der Waals surface area contributed by atoms with Gasteiger partial charge in [-0.05, 0) is 46.2 Å². The van der Waals surface area contributed by atoms with E-state index in [-0.39, 0.29) is 5.54 Å². The van der Waals surface area contributed by atoms with Crippen LogP contribution in [0.2, 0.25) is 0 Å². The third kappa shape index (κ3) is 2.84. The van der Waals surface area contributed by atoms with E-state index >= 15 is 0 Å². The zero-order valence-electron chi connectivity index (χ0n) is 13.9. The molecular formula is C19H23N3. The maximum absolute atomic E-state index is 4.84. The molecule has 0 aliphatic carbocycles. The number of nitrogens with zero attached hydrogens (tertiary/aromatic N) is 2. The van der Waals surface area contributed by atoms with Crippen LogP contribution < -0.4 is 5.32 Å². The molecule has 22 heavy (non-hydrogen) atoms. The summed E-state index contributed by atoms with van der Waals surface area (Å²) in [5, 5.41) is 3.61. The average Bonchev–Trinajstić information content (AvgIpc) is 2.76. The van der Waals surface area contributed by atoms with Gasteiger partial charge in [-0.3, -0.25) is 4.40 Å². The highest BCUT2D eigenvalue weighted by molar-refractivity contribution is 5.77. The van der Waals surface area contributed by atoms with Crippen LogP contribution in [0.25, 0.3) is 16.9 Å². The SMILES string of the molecule is Cc1ccc(-c2nc3ccc(C)cn3c2NC(C)(C)C)cc1. The second-order valence-corrected chi connectivity index (χ2v) is 6.98. The lowest BCUT2D eigenvalue weighted by Crippen LogP contribution is -2.27. The predicted octanol–water partition coefficient (Wildman–Crippen LogP) is 4.83. The van der Waals surface area contributed by atoms with E-state index in [0.717, 1.165) is 22.7 Å². The van der Waals surface area contributed by atoms with Crippen LogP contribution in [0.1, 0.15) is 31.9 Å². The molecule has 3 rings (SSSR count). The lowest BCUT2D eigenvalue weighted by molar-refractivity contribution is 0.629. The zero-order chi connectivity index (χ0) is 15.9. The quantitative estimate of drug-likeness (QED) is 0.733. The first kappa shape index (κ1) is 14.6. The molecule has 0 fully saturated rings. The Balaban J connectivity index is 2.23. The van der Waals surface area contributed by atoms with Crippen molar-refractivity contribution in [3.05, 3.63) is 53.7 Å². The number of benzene rings is 1. The number of rotatable bonds is 2. The summed E-state index contributed by atoms with van der Waals surface area (Å²) in [6, 6.07) is 12.7. The van der Waals surface area contributed by atoms with Crippen molar-refractivity contribution >= 4 is 11.5 Å². The van der Waals surface area contributed by atoms with Gasteiger partial charge in [0, 0.05) is 17.3 Å². The van der Waals surface area contributed by atoms with Crippen molar-refractivity contribution in [3.8, 4) is 11.3 Å². The molecule has 114 valence electrons. The van der Waals surface area contributed by atoms with Gasteiger partial charge in [0.1, 0.15) is 17.2 Å². The molecule has 2 aromatic heterocycles. The van der Waals surface area contributed by atoms with E-state index in [1.165, 1.54) is 11.1 Å². The van der Waals surface area contributed by atoms with Crippen molar-refractivity contribution in [2.24, 2.45) is 0 Å². The summed E-state index contributed by atoms with van der Waals surface area (Å²) >= 11 is 0. The molecule has 3 nitrogen and oxygen atoms in total. The molecule has 0 radical (unpaired) electrons. The zero-order valence-corrected chi connectivity index (χ0v) is 13.9.